The van der Waals surface area contributed by atoms with Crippen molar-refractivity contribution < 1.29 is 23.9 Å². The van der Waals surface area contributed by atoms with Gasteiger partial charge in [0.25, 0.3) is 5.91 Å². The van der Waals surface area contributed by atoms with Crippen molar-refractivity contribution in [3.63, 3.8) is 0 Å². The lowest BCUT2D eigenvalue weighted by Crippen LogP contribution is -2.48. The summed E-state index contributed by atoms with van der Waals surface area (Å²) < 4.78 is 10.5. The Morgan fingerprint density at radius 3 is 2.47 bits per heavy atom. The summed E-state index contributed by atoms with van der Waals surface area (Å²) in [7, 11) is 0. The van der Waals surface area contributed by atoms with Crippen LogP contribution in [0.25, 0.3) is 0 Å². The van der Waals surface area contributed by atoms with Crippen LogP contribution in [0.4, 0.5) is 5.69 Å². The average Bonchev–Trinajstić information content (AvgIpc) is 3.27. The molecule has 0 aromatic heterocycles. The zero-order chi connectivity index (χ0) is 22.3. The lowest BCUT2D eigenvalue weighted by molar-refractivity contribution is -0.121. The summed E-state index contributed by atoms with van der Waals surface area (Å²) in [4.78, 5) is 38.8. The molecule has 9 heteroatoms. The first-order valence-electron chi connectivity index (χ1n) is 10.6. The van der Waals surface area contributed by atoms with Gasteiger partial charge in [0.2, 0.25) is 18.6 Å². The van der Waals surface area contributed by atoms with E-state index in [2.05, 4.69) is 20.9 Å². The summed E-state index contributed by atoms with van der Waals surface area (Å²) >= 11 is 0. The molecule has 0 aliphatic carbocycles. The molecular formula is C23H26N4O5. The zero-order valence-electron chi connectivity index (χ0n) is 17.6. The number of rotatable bonds is 7. The number of para-hydroxylation sites is 1. The molecule has 4 rings (SSSR count). The van der Waals surface area contributed by atoms with Crippen molar-refractivity contribution in [3.8, 4) is 11.5 Å². The van der Waals surface area contributed by atoms with Crippen LogP contribution in [0.2, 0.25) is 0 Å². The van der Waals surface area contributed by atoms with Crippen LogP contribution in [0.3, 0.4) is 0 Å². The van der Waals surface area contributed by atoms with E-state index in [-0.39, 0.29) is 37.1 Å². The first-order valence-corrected chi connectivity index (χ1v) is 10.6. The first kappa shape index (κ1) is 21.6. The van der Waals surface area contributed by atoms with E-state index in [0.717, 1.165) is 31.6 Å². The lowest BCUT2D eigenvalue weighted by atomic mass is 10.0. The largest absolute Gasteiger partial charge is 0.454 e. The molecule has 1 saturated heterocycles. The number of nitrogens with zero attached hydrogens (tertiary/aromatic N) is 1. The maximum Gasteiger partial charge on any atom is 0.251 e. The Balaban J connectivity index is 1.14. The summed E-state index contributed by atoms with van der Waals surface area (Å²) in [5.74, 6) is 0.483. The fourth-order valence-corrected chi connectivity index (χ4v) is 3.74. The molecule has 2 aliphatic heterocycles. The van der Waals surface area contributed by atoms with Crippen molar-refractivity contribution >= 4 is 23.4 Å². The van der Waals surface area contributed by atoms with Gasteiger partial charge in [-0.2, -0.15) is 0 Å². The number of likely N-dealkylation sites (tertiary alicyclic amines) is 1. The van der Waals surface area contributed by atoms with Gasteiger partial charge in [-0.25, -0.2) is 0 Å². The van der Waals surface area contributed by atoms with Gasteiger partial charge in [-0.3, -0.25) is 19.3 Å². The Morgan fingerprint density at radius 1 is 0.938 bits per heavy atom. The number of hydrogen-bond acceptors (Lipinski definition) is 6. The van der Waals surface area contributed by atoms with E-state index in [9.17, 15) is 14.4 Å². The van der Waals surface area contributed by atoms with Crippen molar-refractivity contribution in [2.24, 2.45) is 0 Å². The van der Waals surface area contributed by atoms with E-state index < -0.39 is 0 Å². The first-order chi connectivity index (χ1) is 15.6. The van der Waals surface area contributed by atoms with Gasteiger partial charge in [0.15, 0.2) is 11.5 Å². The number of amides is 3. The van der Waals surface area contributed by atoms with Crippen LogP contribution in [0.15, 0.2) is 48.5 Å². The van der Waals surface area contributed by atoms with E-state index in [4.69, 9.17) is 9.47 Å². The number of benzene rings is 2. The van der Waals surface area contributed by atoms with Crippen LogP contribution in [0, 0.1) is 0 Å². The standard InChI is InChI=1S/C23H26N4O5/c28-21(13-24-23(30)16-6-7-19-20(12-16)32-15-31-19)25-18-8-10-27(11-9-18)14-22(29)26-17-4-2-1-3-5-17/h1-7,12,18H,8-11,13-15H2,(H,24,30)(H,25,28)(H,26,29). The average molecular weight is 438 g/mol. The number of anilines is 1. The van der Waals surface area contributed by atoms with E-state index in [1.165, 1.54) is 0 Å². The van der Waals surface area contributed by atoms with Crippen LogP contribution in [-0.4, -0.2) is 61.6 Å². The Labute approximate surface area is 186 Å². The number of nitrogens with one attached hydrogen (secondary N) is 3. The van der Waals surface area contributed by atoms with Crippen molar-refractivity contribution in [3.05, 3.63) is 54.1 Å². The molecule has 2 heterocycles. The highest BCUT2D eigenvalue weighted by molar-refractivity contribution is 5.97. The smallest absolute Gasteiger partial charge is 0.251 e. The lowest BCUT2D eigenvalue weighted by Gasteiger charge is -2.31. The van der Waals surface area contributed by atoms with Crippen LogP contribution in [-0.2, 0) is 9.59 Å². The van der Waals surface area contributed by atoms with Gasteiger partial charge in [-0.15, -0.1) is 0 Å². The molecule has 168 valence electrons. The third-order valence-electron chi connectivity index (χ3n) is 5.42. The van der Waals surface area contributed by atoms with Crippen LogP contribution in [0.1, 0.15) is 23.2 Å². The molecular weight excluding hydrogens is 412 g/mol. The molecule has 0 radical (unpaired) electrons. The van der Waals surface area contributed by atoms with Crippen molar-refractivity contribution in [2.75, 3.05) is 38.3 Å². The summed E-state index contributed by atoms with van der Waals surface area (Å²) in [5.41, 5.74) is 1.19. The molecule has 2 aromatic rings. The van der Waals surface area contributed by atoms with E-state index in [1.807, 2.05) is 30.3 Å². The molecule has 0 atom stereocenters. The maximum absolute atomic E-state index is 12.3. The van der Waals surface area contributed by atoms with Gasteiger partial charge in [-0.05, 0) is 43.2 Å². The molecule has 0 unspecified atom stereocenters. The summed E-state index contributed by atoms with van der Waals surface area (Å²) in [6, 6.07) is 14.3. The number of fused-ring (bicyclic) bond motifs is 1. The summed E-state index contributed by atoms with van der Waals surface area (Å²) in [6.07, 6.45) is 1.50. The minimum atomic E-state index is -0.349. The molecule has 3 N–H and O–H groups in total. The molecule has 9 nitrogen and oxygen atoms in total. The van der Waals surface area contributed by atoms with Gasteiger partial charge in [-0.1, -0.05) is 18.2 Å². The second-order valence-electron chi connectivity index (χ2n) is 7.78. The number of ether oxygens (including phenoxy) is 2. The molecule has 2 aromatic carbocycles. The molecule has 0 spiro atoms. The highest BCUT2D eigenvalue weighted by atomic mass is 16.7. The van der Waals surface area contributed by atoms with E-state index in [1.54, 1.807) is 18.2 Å². The minimum absolute atomic E-state index is 0.0263. The molecule has 2 aliphatic rings. The Bertz CT molecular complexity index is 974. The number of carbonyl (C=O) groups is 3. The van der Waals surface area contributed by atoms with Crippen LogP contribution in [0.5, 0.6) is 11.5 Å². The zero-order valence-corrected chi connectivity index (χ0v) is 17.6. The van der Waals surface area contributed by atoms with Gasteiger partial charge in [0, 0.05) is 30.4 Å². The Morgan fingerprint density at radius 2 is 1.69 bits per heavy atom. The normalized spacial score (nSPS) is 15.8. The molecule has 0 saturated carbocycles. The minimum Gasteiger partial charge on any atom is -0.454 e. The van der Waals surface area contributed by atoms with E-state index in [0.29, 0.717) is 23.6 Å². The van der Waals surface area contributed by atoms with Gasteiger partial charge < -0.3 is 25.4 Å². The highest BCUT2D eigenvalue weighted by Crippen LogP contribution is 2.32. The van der Waals surface area contributed by atoms with Gasteiger partial charge in [0.1, 0.15) is 0 Å². The van der Waals surface area contributed by atoms with E-state index >= 15 is 0 Å². The van der Waals surface area contributed by atoms with Crippen molar-refractivity contribution in [2.45, 2.75) is 18.9 Å². The molecule has 1 fully saturated rings. The fraction of sp³-hybridized carbons (Fsp3) is 0.348. The molecule has 0 bridgehead atoms. The second kappa shape index (κ2) is 10.1. The third kappa shape index (κ3) is 5.76. The Hall–Kier alpha value is -3.59. The van der Waals surface area contributed by atoms with Crippen molar-refractivity contribution in [1.29, 1.82) is 0 Å². The monoisotopic (exact) mass is 438 g/mol. The quantitative estimate of drug-likeness (QED) is 0.603. The predicted octanol–water partition coefficient (Wildman–Crippen LogP) is 1.36. The number of carbonyl (C=O) groups excluding carboxylic acids is 3. The number of hydrogen-bond donors (Lipinski definition) is 3. The summed E-state index contributed by atoms with van der Waals surface area (Å²) in [5, 5.41) is 8.46. The van der Waals surface area contributed by atoms with Gasteiger partial charge in [0.05, 0.1) is 13.1 Å². The number of piperidine rings is 1. The predicted molar refractivity (Wildman–Crippen MR) is 118 cm³/mol. The molecule has 3 amide bonds. The molecule has 32 heavy (non-hydrogen) atoms. The SMILES string of the molecule is O=C(CN1CCC(NC(=O)CNC(=O)c2ccc3c(c2)OCO3)CC1)Nc1ccccc1. The topological polar surface area (TPSA) is 109 Å². The van der Waals surface area contributed by atoms with Crippen LogP contribution >= 0.6 is 0 Å². The maximum atomic E-state index is 12.3. The highest BCUT2D eigenvalue weighted by Gasteiger charge is 2.22. The van der Waals surface area contributed by atoms with Crippen LogP contribution < -0.4 is 25.4 Å². The third-order valence-corrected chi connectivity index (χ3v) is 5.42. The Kier molecular flexibility index (Phi) is 6.86. The summed E-state index contributed by atoms with van der Waals surface area (Å²) in [6.45, 7) is 1.79. The second-order valence-corrected chi connectivity index (χ2v) is 7.78. The fourth-order valence-electron chi connectivity index (χ4n) is 3.74. The van der Waals surface area contributed by atoms with Crippen molar-refractivity contribution in [1.82, 2.24) is 15.5 Å². The van der Waals surface area contributed by atoms with Gasteiger partial charge >= 0.3 is 0 Å².